The van der Waals surface area contributed by atoms with Crippen LogP contribution in [0.25, 0.3) is 0 Å². The van der Waals surface area contributed by atoms with Crippen molar-refractivity contribution in [2.24, 2.45) is 11.7 Å². The third kappa shape index (κ3) is 3.36. The maximum atomic E-state index is 12.0. The Morgan fingerprint density at radius 1 is 1.50 bits per heavy atom. The Labute approximate surface area is 115 Å². The standard InChI is InChI=1S/C13H19BrN2O2/c14-12-6-10(8-18-12)13(17)16-11(7-15)9-4-2-1-3-5-9/h6,8-9,11H,1-5,7,15H2,(H,16,17). The van der Waals surface area contributed by atoms with E-state index >= 15 is 0 Å². The Morgan fingerprint density at radius 3 is 2.78 bits per heavy atom. The van der Waals surface area contributed by atoms with Crippen LogP contribution in [-0.2, 0) is 0 Å². The second-order valence-electron chi connectivity index (χ2n) is 4.85. The number of nitrogens with one attached hydrogen (secondary N) is 1. The highest BCUT2D eigenvalue weighted by Crippen LogP contribution is 2.26. The van der Waals surface area contributed by atoms with Crippen molar-refractivity contribution in [3.05, 3.63) is 22.6 Å². The van der Waals surface area contributed by atoms with E-state index in [9.17, 15) is 4.79 Å². The molecule has 18 heavy (non-hydrogen) atoms. The summed E-state index contributed by atoms with van der Waals surface area (Å²) < 4.78 is 5.64. The van der Waals surface area contributed by atoms with Gasteiger partial charge in [-0.2, -0.15) is 0 Å². The highest BCUT2D eigenvalue weighted by Gasteiger charge is 2.24. The first-order chi connectivity index (χ1) is 8.70. The minimum atomic E-state index is -0.106. The molecule has 0 bridgehead atoms. The predicted molar refractivity (Wildman–Crippen MR) is 73.3 cm³/mol. The van der Waals surface area contributed by atoms with Gasteiger partial charge < -0.3 is 15.5 Å². The number of carbonyl (C=O) groups excluding carboxylic acids is 1. The monoisotopic (exact) mass is 314 g/mol. The first-order valence-corrected chi connectivity index (χ1v) is 7.25. The van der Waals surface area contributed by atoms with Gasteiger partial charge in [0.25, 0.3) is 5.91 Å². The van der Waals surface area contributed by atoms with Crippen LogP contribution in [-0.4, -0.2) is 18.5 Å². The van der Waals surface area contributed by atoms with Gasteiger partial charge >= 0.3 is 0 Å². The third-order valence-electron chi connectivity index (χ3n) is 3.62. The van der Waals surface area contributed by atoms with Gasteiger partial charge in [-0.25, -0.2) is 0 Å². The quantitative estimate of drug-likeness (QED) is 0.897. The second kappa shape index (κ2) is 6.38. The van der Waals surface area contributed by atoms with Crippen molar-refractivity contribution >= 4 is 21.8 Å². The van der Waals surface area contributed by atoms with Crippen molar-refractivity contribution in [3.63, 3.8) is 0 Å². The van der Waals surface area contributed by atoms with Crippen LogP contribution in [0.2, 0.25) is 0 Å². The molecule has 1 aromatic heterocycles. The number of hydrogen-bond acceptors (Lipinski definition) is 3. The second-order valence-corrected chi connectivity index (χ2v) is 5.63. The van der Waals surface area contributed by atoms with Crippen LogP contribution in [0, 0.1) is 5.92 Å². The molecule has 1 unspecified atom stereocenters. The number of halogens is 1. The van der Waals surface area contributed by atoms with Crippen LogP contribution < -0.4 is 11.1 Å². The first-order valence-electron chi connectivity index (χ1n) is 6.45. The van der Waals surface area contributed by atoms with E-state index in [1.807, 2.05) is 0 Å². The molecule has 1 heterocycles. The van der Waals surface area contributed by atoms with Crippen LogP contribution in [0.1, 0.15) is 42.5 Å². The SMILES string of the molecule is NCC(NC(=O)c1coc(Br)c1)C1CCCCC1. The van der Waals surface area contributed by atoms with Crippen molar-refractivity contribution in [1.82, 2.24) is 5.32 Å². The maximum Gasteiger partial charge on any atom is 0.254 e. The summed E-state index contributed by atoms with van der Waals surface area (Å²) in [6.45, 7) is 0.495. The molecule has 0 spiro atoms. The highest BCUT2D eigenvalue weighted by atomic mass is 79.9. The molecule has 1 atom stereocenters. The fourth-order valence-corrected chi connectivity index (χ4v) is 2.93. The Morgan fingerprint density at radius 2 is 2.22 bits per heavy atom. The molecule has 1 aliphatic carbocycles. The molecule has 2 rings (SSSR count). The van der Waals surface area contributed by atoms with Crippen LogP contribution in [0.3, 0.4) is 0 Å². The molecule has 1 aliphatic rings. The normalized spacial score (nSPS) is 18.6. The number of rotatable bonds is 4. The van der Waals surface area contributed by atoms with Crippen LogP contribution in [0.15, 0.2) is 21.4 Å². The summed E-state index contributed by atoms with van der Waals surface area (Å²) in [5.41, 5.74) is 6.33. The fourth-order valence-electron chi connectivity index (χ4n) is 2.59. The van der Waals surface area contributed by atoms with Gasteiger partial charge in [-0.3, -0.25) is 4.79 Å². The minimum Gasteiger partial charge on any atom is -0.457 e. The van der Waals surface area contributed by atoms with Gasteiger partial charge in [0.15, 0.2) is 4.67 Å². The zero-order valence-corrected chi connectivity index (χ0v) is 11.9. The van der Waals surface area contributed by atoms with Crippen LogP contribution in [0.5, 0.6) is 0 Å². The van der Waals surface area contributed by atoms with Gasteiger partial charge in [0.1, 0.15) is 6.26 Å². The average molecular weight is 315 g/mol. The third-order valence-corrected chi connectivity index (χ3v) is 4.03. The fraction of sp³-hybridized carbons (Fsp3) is 0.615. The lowest BCUT2D eigenvalue weighted by Gasteiger charge is -2.29. The molecule has 4 nitrogen and oxygen atoms in total. The Bertz CT molecular complexity index is 399. The van der Waals surface area contributed by atoms with Crippen molar-refractivity contribution in [3.8, 4) is 0 Å². The number of furan rings is 1. The van der Waals surface area contributed by atoms with E-state index in [1.165, 1.54) is 25.5 Å². The molecule has 0 saturated heterocycles. The molecule has 0 aliphatic heterocycles. The van der Waals surface area contributed by atoms with Crippen molar-refractivity contribution in [2.75, 3.05) is 6.54 Å². The number of amides is 1. The molecule has 1 amide bonds. The Kier molecular flexibility index (Phi) is 4.83. The lowest BCUT2D eigenvalue weighted by molar-refractivity contribution is 0.0915. The zero-order chi connectivity index (χ0) is 13.0. The molecule has 5 heteroatoms. The smallest absolute Gasteiger partial charge is 0.254 e. The van der Waals surface area contributed by atoms with E-state index in [-0.39, 0.29) is 11.9 Å². The summed E-state index contributed by atoms with van der Waals surface area (Å²) in [5.74, 6) is 0.411. The molecule has 1 saturated carbocycles. The Hall–Kier alpha value is -0.810. The summed E-state index contributed by atoms with van der Waals surface area (Å²) in [4.78, 5) is 12.0. The largest absolute Gasteiger partial charge is 0.457 e. The summed E-state index contributed by atoms with van der Waals surface area (Å²) in [7, 11) is 0. The van der Waals surface area contributed by atoms with Crippen molar-refractivity contribution in [1.29, 1.82) is 0 Å². The van der Waals surface area contributed by atoms with E-state index in [0.717, 1.165) is 12.8 Å². The number of hydrogen-bond donors (Lipinski definition) is 2. The van der Waals surface area contributed by atoms with Gasteiger partial charge in [-0.05, 0) is 34.7 Å². The summed E-state index contributed by atoms with van der Waals surface area (Å²) in [6.07, 6.45) is 7.57. The predicted octanol–water partition coefficient (Wildman–Crippen LogP) is 2.68. The molecule has 100 valence electrons. The molecule has 3 N–H and O–H groups in total. The van der Waals surface area contributed by atoms with Gasteiger partial charge in [-0.1, -0.05) is 19.3 Å². The van der Waals surface area contributed by atoms with Crippen molar-refractivity contribution in [2.45, 2.75) is 38.1 Å². The van der Waals surface area contributed by atoms with E-state index in [2.05, 4.69) is 21.2 Å². The summed E-state index contributed by atoms with van der Waals surface area (Å²) in [5, 5.41) is 3.02. The Balaban J connectivity index is 1.95. The zero-order valence-electron chi connectivity index (χ0n) is 10.3. The van der Waals surface area contributed by atoms with E-state index in [1.54, 1.807) is 6.07 Å². The van der Waals surface area contributed by atoms with Crippen molar-refractivity contribution < 1.29 is 9.21 Å². The van der Waals surface area contributed by atoms with E-state index < -0.39 is 0 Å². The van der Waals surface area contributed by atoms with Gasteiger partial charge in [0.2, 0.25) is 0 Å². The van der Waals surface area contributed by atoms with Gasteiger partial charge in [0.05, 0.1) is 5.56 Å². The van der Waals surface area contributed by atoms with E-state index in [0.29, 0.717) is 22.7 Å². The van der Waals surface area contributed by atoms with Crippen LogP contribution in [0.4, 0.5) is 0 Å². The molecule has 0 aromatic carbocycles. The average Bonchev–Trinajstić information content (AvgIpc) is 2.83. The first kappa shape index (κ1) is 13.6. The van der Waals surface area contributed by atoms with Gasteiger partial charge in [0, 0.05) is 18.7 Å². The van der Waals surface area contributed by atoms with Gasteiger partial charge in [-0.15, -0.1) is 0 Å². The highest BCUT2D eigenvalue weighted by molar-refractivity contribution is 9.10. The minimum absolute atomic E-state index is 0.0754. The summed E-state index contributed by atoms with van der Waals surface area (Å²) >= 11 is 3.19. The lowest BCUT2D eigenvalue weighted by atomic mass is 9.84. The lowest BCUT2D eigenvalue weighted by Crippen LogP contribution is -2.45. The molecule has 1 fully saturated rings. The topological polar surface area (TPSA) is 68.3 Å². The number of nitrogens with two attached hydrogens (primary N) is 1. The molecular weight excluding hydrogens is 296 g/mol. The molecule has 1 aromatic rings. The van der Waals surface area contributed by atoms with Crippen LogP contribution >= 0.6 is 15.9 Å². The summed E-state index contributed by atoms with van der Waals surface area (Å²) in [6, 6.07) is 1.75. The molecular formula is C13H19BrN2O2. The number of carbonyl (C=O) groups is 1. The van der Waals surface area contributed by atoms with E-state index in [4.69, 9.17) is 10.2 Å². The molecule has 0 radical (unpaired) electrons. The maximum absolute atomic E-state index is 12.0.